The Hall–Kier alpha value is -2.14. The average molecular weight is 388 g/mol. The molecule has 0 saturated heterocycles. The second kappa shape index (κ2) is 8.26. The van der Waals surface area contributed by atoms with E-state index in [1.54, 1.807) is 24.3 Å². The number of carbonyl (C=O) groups excluding carboxylic acids is 1. The summed E-state index contributed by atoms with van der Waals surface area (Å²) in [7, 11) is -3.21. The molecule has 0 heterocycles. The summed E-state index contributed by atoms with van der Waals surface area (Å²) in [4.78, 5) is 12.5. The molecule has 0 aliphatic heterocycles. The zero-order valence-corrected chi connectivity index (χ0v) is 17.6. The SMILES string of the molecule is C[C@@H](NC(=O)CCc1ccc(C(C)(C)C)cc1)c1ccc(S(C)(=O)=O)cc1. The van der Waals surface area contributed by atoms with Gasteiger partial charge in [0.15, 0.2) is 9.84 Å². The minimum absolute atomic E-state index is 0.0189. The van der Waals surface area contributed by atoms with Gasteiger partial charge >= 0.3 is 0 Å². The third-order valence-corrected chi connectivity index (χ3v) is 5.77. The highest BCUT2D eigenvalue weighted by Gasteiger charge is 2.14. The Labute approximate surface area is 162 Å². The molecule has 0 radical (unpaired) electrons. The van der Waals surface area contributed by atoms with E-state index < -0.39 is 9.84 Å². The number of hydrogen-bond donors (Lipinski definition) is 1. The molecule has 0 saturated carbocycles. The Morgan fingerprint density at radius 2 is 1.56 bits per heavy atom. The highest BCUT2D eigenvalue weighted by Crippen LogP contribution is 2.22. The third-order valence-electron chi connectivity index (χ3n) is 4.65. The van der Waals surface area contributed by atoms with Crippen molar-refractivity contribution in [2.45, 2.75) is 56.9 Å². The van der Waals surface area contributed by atoms with E-state index in [1.807, 2.05) is 6.92 Å². The van der Waals surface area contributed by atoms with Crippen molar-refractivity contribution < 1.29 is 13.2 Å². The molecule has 4 nitrogen and oxygen atoms in total. The van der Waals surface area contributed by atoms with Crippen LogP contribution >= 0.6 is 0 Å². The van der Waals surface area contributed by atoms with Gasteiger partial charge in [0.1, 0.15) is 0 Å². The molecule has 1 atom stereocenters. The maximum Gasteiger partial charge on any atom is 0.220 e. The molecule has 2 aromatic carbocycles. The molecule has 0 unspecified atom stereocenters. The molecule has 146 valence electrons. The first-order valence-corrected chi connectivity index (χ1v) is 11.0. The van der Waals surface area contributed by atoms with E-state index in [0.717, 1.165) is 11.1 Å². The van der Waals surface area contributed by atoms with E-state index >= 15 is 0 Å². The number of aryl methyl sites for hydroxylation is 1. The molecule has 27 heavy (non-hydrogen) atoms. The van der Waals surface area contributed by atoms with Crippen molar-refractivity contribution >= 4 is 15.7 Å². The lowest BCUT2D eigenvalue weighted by molar-refractivity contribution is -0.121. The molecule has 0 aliphatic carbocycles. The zero-order chi connectivity index (χ0) is 20.2. The molecular weight excluding hydrogens is 358 g/mol. The molecule has 0 bridgehead atoms. The van der Waals surface area contributed by atoms with Crippen LogP contribution in [0.15, 0.2) is 53.4 Å². The standard InChI is InChI=1S/C22H29NO3S/c1-16(18-9-13-20(14-10-18)27(5,25)26)23-21(24)15-8-17-6-11-19(12-7-17)22(2,3)4/h6-7,9-14,16H,8,15H2,1-5H3,(H,23,24)/t16-/m1/s1. The van der Waals surface area contributed by atoms with Crippen LogP contribution < -0.4 is 5.32 Å². The van der Waals surface area contributed by atoms with E-state index in [1.165, 1.54) is 11.8 Å². The maximum atomic E-state index is 12.2. The lowest BCUT2D eigenvalue weighted by Crippen LogP contribution is -2.26. The Morgan fingerprint density at radius 1 is 1.00 bits per heavy atom. The predicted molar refractivity (Wildman–Crippen MR) is 110 cm³/mol. The number of carbonyl (C=O) groups is 1. The van der Waals surface area contributed by atoms with Crippen molar-refractivity contribution in [3.8, 4) is 0 Å². The van der Waals surface area contributed by atoms with E-state index in [-0.39, 0.29) is 22.3 Å². The summed E-state index contributed by atoms with van der Waals surface area (Å²) in [6, 6.07) is 14.9. The Kier molecular flexibility index (Phi) is 6.47. The summed E-state index contributed by atoms with van der Waals surface area (Å²) in [5, 5.41) is 2.97. The van der Waals surface area contributed by atoms with Gasteiger partial charge in [0.25, 0.3) is 0 Å². The molecule has 2 aromatic rings. The number of benzene rings is 2. The van der Waals surface area contributed by atoms with Crippen LogP contribution in [0.3, 0.4) is 0 Å². The largest absolute Gasteiger partial charge is 0.350 e. The smallest absolute Gasteiger partial charge is 0.220 e. The van der Waals surface area contributed by atoms with Crippen LogP contribution in [0.2, 0.25) is 0 Å². The lowest BCUT2D eigenvalue weighted by atomic mass is 9.86. The third kappa shape index (κ3) is 6.21. The number of hydrogen-bond acceptors (Lipinski definition) is 3. The molecule has 5 heteroatoms. The summed E-state index contributed by atoms with van der Waals surface area (Å²) in [5.41, 5.74) is 3.42. The van der Waals surface area contributed by atoms with Crippen LogP contribution in [0.5, 0.6) is 0 Å². The van der Waals surface area contributed by atoms with Gasteiger partial charge in [-0.3, -0.25) is 4.79 Å². The monoisotopic (exact) mass is 387 g/mol. The van der Waals surface area contributed by atoms with Gasteiger partial charge in [-0.1, -0.05) is 57.2 Å². The van der Waals surface area contributed by atoms with Crippen molar-refractivity contribution in [2.75, 3.05) is 6.26 Å². The van der Waals surface area contributed by atoms with Gasteiger partial charge in [0, 0.05) is 12.7 Å². The fraction of sp³-hybridized carbons (Fsp3) is 0.409. The quantitative estimate of drug-likeness (QED) is 0.808. The highest BCUT2D eigenvalue weighted by atomic mass is 32.2. The number of nitrogens with one attached hydrogen (secondary N) is 1. The van der Waals surface area contributed by atoms with Gasteiger partial charge in [-0.2, -0.15) is 0 Å². The van der Waals surface area contributed by atoms with Crippen molar-refractivity contribution in [3.05, 3.63) is 65.2 Å². The molecular formula is C22H29NO3S. The first-order valence-electron chi connectivity index (χ1n) is 9.15. The van der Waals surface area contributed by atoms with Crippen molar-refractivity contribution in [2.24, 2.45) is 0 Å². The highest BCUT2D eigenvalue weighted by molar-refractivity contribution is 7.90. The predicted octanol–water partition coefficient (Wildman–Crippen LogP) is 4.20. The summed E-state index contributed by atoms with van der Waals surface area (Å²) in [6.45, 7) is 8.43. The van der Waals surface area contributed by atoms with E-state index in [2.05, 4.69) is 50.4 Å². The van der Waals surface area contributed by atoms with Gasteiger partial charge in [-0.05, 0) is 47.6 Å². The fourth-order valence-electron chi connectivity index (χ4n) is 2.83. The molecule has 1 amide bonds. The summed E-state index contributed by atoms with van der Waals surface area (Å²) < 4.78 is 23.0. The fourth-order valence-corrected chi connectivity index (χ4v) is 3.46. The Morgan fingerprint density at radius 3 is 2.04 bits per heavy atom. The van der Waals surface area contributed by atoms with Crippen molar-refractivity contribution in [1.29, 1.82) is 0 Å². The van der Waals surface area contributed by atoms with Crippen molar-refractivity contribution in [1.82, 2.24) is 5.32 Å². The topological polar surface area (TPSA) is 63.2 Å². The average Bonchev–Trinajstić information content (AvgIpc) is 2.59. The lowest BCUT2D eigenvalue weighted by Gasteiger charge is -2.19. The molecule has 0 aliphatic rings. The minimum atomic E-state index is -3.21. The van der Waals surface area contributed by atoms with Gasteiger partial charge in [0.05, 0.1) is 10.9 Å². The van der Waals surface area contributed by atoms with Gasteiger partial charge in [0.2, 0.25) is 5.91 Å². The van der Waals surface area contributed by atoms with Gasteiger partial charge in [-0.25, -0.2) is 8.42 Å². The van der Waals surface area contributed by atoms with Crippen LogP contribution in [0.25, 0.3) is 0 Å². The summed E-state index contributed by atoms with van der Waals surface area (Å²) in [5.74, 6) is -0.0189. The Bertz CT molecular complexity index is 877. The second-order valence-corrected chi connectivity index (χ2v) is 10.1. The molecule has 0 fully saturated rings. The first kappa shape index (κ1) is 21.2. The minimum Gasteiger partial charge on any atom is -0.350 e. The maximum absolute atomic E-state index is 12.2. The Balaban J connectivity index is 1.89. The summed E-state index contributed by atoms with van der Waals surface area (Å²) >= 11 is 0. The number of rotatable bonds is 6. The van der Waals surface area contributed by atoms with Crippen LogP contribution in [-0.2, 0) is 26.5 Å². The molecule has 1 N–H and O–H groups in total. The molecule has 0 spiro atoms. The molecule has 0 aromatic heterocycles. The van der Waals surface area contributed by atoms with Crippen LogP contribution in [0.1, 0.15) is 56.8 Å². The van der Waals surface area contributed by atoms with E-state index in [4.69, 9.17) is 0 Å². The van der Waals surface area contributed by atoms with Crippen molar-refractivity contribution in [3.63, 3.8) is 0 Å². The van der Waals surface area contributed by atoms with Gasteiger partial charge in [-0.15, -0.1) is 0 Å². The van der Waals surface area contributed by atoms with E-state index in [9.17, 15) is 13.2 Å². The van der Waals surface area contributed by atoms with E-state index in [0.29, 0.717) is 12.8 Å². The normalized spacial score (nSPS) is 13.2. The van der Waals surface area contributed by atoms with Crippen LogP contribution in [-0.4, -0.2) is 20.6 Å². The van der Waals surface area contributed by atoms with Crippen LogP contribution in [0, 0.1) is 0 Å². The number of amides is 1. The van der Waals surface area contributed by atoms with Crippen LogP contribution in [0.4, 0.5) is 0 Å². The number of sulfone groups is 1. The first-order chi connectivity index (χ1) is 12.5. The van der Waals surface area contributed by atoms with Gasteiger partial charge < -0.3 is 5.32 Å². The molecule has 2 rings (SSSR count). The summed E-state index contributed by atoms with van der Waals surface area (Å²) in [6.07, 6.45) is 2.29. The second-order valence-electron chi connectivity index (χ2n) is 8.08. The zero-order valence-electron chi connectivity index (χ0n) is 16.7.